The van der Waals surface area contributed by atoms with Gasteiger partial charge >= 0.3 is 0 Å². The predicted molar refractivity (Wildman–Crippen MR) is 126 cm³/mol. The van der Waals surface area contributed by atoms with Crippen molar-refractivity contribution in [1.29, 1.82) is 0 Å². The van der Waals surface area contributed by atoms with Crippen LogP contribution in [0.1, 0.15) is 36.0 Å². The summed E-state index contributed by atoms with van der Waals surface area (Å²) in [5.41, 5.74) is 3.48. The molecule has 0 bridgehead atoms. The molecule has 1 unspecified atom stereocenters. The minimum Gasteiger partial charge on any atom is -0.339 e. The number of benzene rings is 3. The van der Waals surface area contributed by atoms with Crippen molar-refractivity contribution < 1.29 is 9.47 Å². The lowest BCUT2D eigenvalue weighted by molar-refractivity contribution is -0.152. The zero-order valence-corrected chi connectivity index (χ0v) is 18.5. The Morgan fingerprint density at radius 2 is 1.35 bits per heavy atom. The minimum atomic E-state index is -0.830. The minimum absolute atomic E-state index is 0. The van der Waals surface area contributed by atoms with Gasteiger partial charge in [0.15, 0.2) is 0 Å². The number of hydrogen-bond acceptors (Lipinski definition) is 3. The van der Waals surface area contributed by atoms with Gasteiger partial charge in [-0.1, -0.05) is 97.4 Å². The van der Waals surface area contributed by atoms with Gasteiger partial charge in [-0.25, -0.2) is 0 Å². The van der Waals surface area contributed by atoms with Gasteiger partial charge in [-0.2, -0.15) is 0 Å². The molecular formula is C27H30ClNO2. The van der Waals surface area contributed by atoms with Crippen molar-refractivity contribution in [3.63, 3.8) is 0 Å². The molecule has 0 aromatic heterocycles. The van der Waals surface area contributed by atoms with Crippen LogP contribution in [0.5, 0.6) is 0 Å². The summed E-state index contributed by atoms with van der Waals surface area (Å²) in [4.78, 5) is 2.60. The molecule has 0 N–H and O–H groups in total. The third-order valence-electron chi connectivity index (χ3n) is 6.40. The lowest BCUT2D eigenvalue weighted by Crippen LogP contribution is -2.47. The molecule has 0 spiro atoms. The van der Waals surface area contributed by atoms with E-state index in [2.05, 4.69) is 83.8 Å². The number of likely N-dealkylation sites (tertiary alicyclic amines) is 1. The molecule has 2 atom stereocenters. The fourth-order valence-electron chi connectivity index (χ4n) is 4.91. The van der Waals surface area contributed by atoms with Crippen molar-refractivity contribution in [2.45, 2.75) is 43.7 Å². The topological polar surface area (TPSA) is 21.7 Å². The lowest BCUT2D eigenvalue weighted by Gasteiger charge is -2.39. The summed E-state index contributed by atoms with van der Waals surface area (Å²) in [6.45, 7) is 2.69. The van der Waals surface area contributed by atoms with E-state index in [0.717, 1.165) is 30.6 Å². The number of hydrogen-bond donors (Lipinski definition) is 0. The van der Waals surface area contributed by atoms with Gasteiger partial charge in [0.25, 0.3) is 0 Å². The predicted octanol–water partition coefficient (Wildman–Crippen LogP) is 5.78. The average Bonchev–Trinajstić information content (AvgIpc) is 3.28. The summed E-state index contributed by atoms with van der Waals surface area (Å²) in [5.74, 6) is -0.830. The number of halogens is 1. The summed E-state index contributed by atoms with van der Waals surface area (Å²) in [6.07, 6.45) is 3.70. The number of piperidine rings is 1. The van der Waals surface area contributed by atoms with Crippen molar-refractivity contribution in [1.82, 2.24) is 4.90 Å². The molecule has 0 saturated carbocycles. The SMILES string of the molecule is Cl.c1ccc(CN2CCCCC2[C@@H]2COC(c3ccccc3)(c3ccccc3)O2)cc1. The van der Waals surface area contributed by atoms with E-state index in [-0.39, 0.29) is 18.5 Å². The van der Waals surface area contributed by atoms with E-state index < -0.39 is 5.79 Å². The van der Waals surface area contributed by atoms with Gasteiger partial charge < -0.3 is 9.47 Å². The highest BCUT2D eigenvalue weighted by atomic mass is 35.5. The Kier molecular flexibility index (Phi) is 7.09. The second-order valence-electron chi connectivity index (χ2n) is 8.34. The first-order valence-electron chi connectivity index (χ1n) is 11.1. The van der Waals surface area contributed by atoms with E-state index in [1.54, 1.807) is 0 Å². The maximum atomic E-state index is 6.86. The van der Waals surface area contributed by atoms with Crippen molar-refractivity contribution in [3.05, 3.63) is 108 Å². The standard InChI is InChI=1S/C27H29NO2.ClH/c1-4-12-22(13-5-1)20-28-19-11-10-18-25(28)26-21-29-27(30-26,23-14-6-2-7-15-23)24-16-8-3-9-17-24;/h1-9,12-17,25-26H,10-11,18-21H2;1H/t25?,26-;/m0./s1. The summed E-state index contributed by atoms with van der Waals surface area (Å²) in [5, 5.41) is 0. The summed E-state index contributed by atoms with van der Waals surface area (Å²) in [7, 11) is 0. The number of rotatable bonds is 5. The quantitative estimate of drug-likeness (QED) is 0.507. The van der Waals surface area contributed by atoms with Crippen molar-refractivity contribution in [2.75, 3.05) is 13.2 Å². The Labute approximate surface area is 191 Å². The Morgan fingerprint density at radius 3 is 1.97 bits per heavy atom. The molecule has 3 aromatic carbocycles. The van der Waals surface area contributed by atoms with Gasteiger partial charge in [0.2, 0.25) is 5.79 Å². The molecular weight excluding hydrogens is 406 g/mol. The van der Waals surface area contributed by atoms with Gasteiger partial charge in [-0.05, 0) is 24.9 Å². The first-order valence-corrected chi connectivity index (χ1v) is 11.1. The molecule has 0 radical (unpaired) electrons. The highest BCUT2D eigenvalue weighted by Gasteiger charge is 2.48. The largest absolute Gasteiger partial charge is 0.339 e. The number of nitrogens with zero attached hydrogens (tertiary/aromatic N) is 1. The monoisotopic (exact) mass is 435 g/mol. The molecule has 2 saturated heterocycles. The third-order valence-corrected chi connectivity index (χ3v) is 6.40. The maximum absolute atomic E-state index is 6.86. The summed E-state index contributed by atoms with van der Waals surface area (Å²) < 4.78 is 13.4. The van der Waals surface area contributed by atoms with Crippen LogP contribution >= 0.6 is 12.4 Å². The Balaban J connectivity index is 0.00000231. The zero-order valence-electron chi connectivity index (χ0n) is 17.7. The van der Waals surface area contributed by atoms with E-state index in [9.17, 15) is 0 Å². The first kappa shape index (κ1) is 22.0. The Hall–Kier alpha value is -2.17. The fourth-order valence-corrected chi connectivity index (χ4v) is 4.91. The van der Waals surface area contributed by atoms with Crippen LogP contribution in [0.4, 0.5) is 0 Å². The molecule has 5 rings (SSSR count). The van der Waals surface area contributed by atoms with Crippen LogP contribution < -0.4 is 0 Å². The van der Waals surface area contributed by atoms with E-state index >= 15 is 0 Å². The van der Waals surface area contributed by atoms with E-state index in [4.69, 9.17) is 9.47 Å². The molecule has 2 heterocycles. The van der Waals surface area contributed by atoms with Gasteiger partial charge in [0.05, 0.1) is 6.61 Å². The smallest absolute Gasteiger partial charge is 0.222 e. The molecule has 162 valence electrons. The third kappa shape index (κ3) is 4.56. The highest BCUT2D eigenvalue weighted by Crippen LogP contribution is 2.42. The molecule has 4 heteroatoms. The normalized spacial score (nSPS) is 23.2. The van der Waals surface area contributed by atoms with Crippen LogP contribution in [0.15, 0.2) is 91.0 Å². The zero-order chi connectivity index (χ0) is 20.2. The van der Waals surface area contributed by atoms with Gasteiger partial charge in [0.1, 0.15) is 6.10 Å². The second kappa shape index (κ2) is 9.97. The fraction of sp³-hybridized carbons (Fsp3) is 0.333. The summed E-state index contributed by atoms with van der Waals surface area (Å²) in [6, 6.07) is 31.9. The second-order valence-corrected chi connectivity index (χ2v) is 8.34. The summed E-state index contributed by atoms with van der Waals surface area (Å²) >= 11 is 0. The molecule has 31 heavy (non-hydrogen) atoms. The first-order chi connectivity index (χ1) is 14.9. The average molecular weight is 436 g/mol. The molecule has 3 nitrogen and oxygen atoms in total. The van der Waals surface area contributed by atoms with Crippen molar-refractivity contribution in [2.24, 2.45) is 0 Å². The van der Waals surface area contributed by atoms with E-state index in [1.807, 2.05) is 12.1 Å². The Bertz CT molecular complexity index is 896. The lowest BCUT2D eigenvalue weighted by atomic mass is 9.95. The van der Waals surface area contributed by atoms with E-state index in [1.165, 1.54) is 18.4 Å². The molecule has 2 aliphatic rings. The Morgan fingerprint density at radius 1 is 0.774 bits per heavy atom. The van der Waals surface area contributed by atoms with Crippen LogP contribution in [0.2, 0.25) is 0 Å². The van der Waals surface area contributed by atoms with Crippen molar-refractivity contribution >= 4 is 12.4 Å². The van der Waals surface area contributed by atoms with Crippen LogP contribution in [0, 0.1) is 0 Å². The van der Waals surface area contributed by atoms with Crippen LogP contribution in [-0.2, 0) is 21.8 Å². The molecule has 0 amide bonds. The van der Waals surface area contributed by atoms with Crippen molar-refractivity contribution in [3.8, 4) is 0 Å². The van der Waals surface area contributed by atoms with Gasteiger partial charge in [-0.3, -0.25) is 4.90 Å². The highest BCUT2D eigenvalue weighted by molar-refractivity contribution is 5.85. The van der Waals surface area contributed by atoms with Crippen LogP contribution in [0.3, 0.4) is 0 Å². The van der Waals surface area contributed by atoms with Gasteiger partial charge in [-0.15, -0.1) is 12.4 Å². The molecule has 2 fully saturated rings. The molecule has 3 aromatic rings. The van der Waals surface area contributed by atoms with Gasteiger partial charge in [0, 0.05) is 23.7 Å². The number of ether oxygens (including phenoxy) is 2. The van der Waals surface area contributed by atoms with Crippen LogP contribution in [0.25, 0.3) is 0 Å². The van der Waals surface area contributed by atoms with Crippen LogP contribution in [-0.4, -0.2) is 30.2 Å². The molecule has 0 aliphatic carbocycles. The maximum Gasteiger partial charge on any atom is 0.222 e. The molecule has 2 aliphatic heterocycles. The van der Waals surface area contributed by atoms with E-state index in [0.29, 0.717) is 12.6 Å².